The van der Waals surface area contributed by atoms with Crippen LogP contribution in [0.3, 0.4) is 0 Å². The number of rotatable bonds is 7. The van der Waals surface area contributed by atoms with Crippen molar-refractivity contribution in [2.45, 2.75) is 52.6 Å². The highest BCUT2D eigenvalue weighted by Crippen LogP contribution is 2.06. The van der Waals surface area contributed by atoms with E-state index in [0.717, 1.165) is 0 Å². The summed E-state index contributed by atoms with van der Waals surface area (Å²) >= 11 is 0. The summed E-state index contributed by atoms with van der Waals surface area (Å²) in [5.41, 5.74) is 5.07. The zero-order chi connectivity index (χ0) is 12.0. The minimum atomic E-state index is -0.359. The summed E-state index contributed by atoms with van der Waals surface area (Å²) in [6, 6.07) is -0.0249. The van der Waals surface area contributed by atoms with Gasteiger partial charge in [-0.25, -0.2) is 0 Å². The van der Waals surface area contributed by atoms with E-state index in [1.807, 2.05) is 27.7 Å². The summed E-state index contributed by atoms with van der Waals surface area (Å²) in [5.74, 6) is -0.235. The number of nitrogens with two attached hydrogens (primary N) is 1. The number of ketones is 1. The van der Waals surface area contributed by atoms with E-state index >= 15 is 0 Å². The topological polar surface area (TPSA) is 72.2 Å². The molecule has 0 aromatic heterocycles. The van der Waals surface area contributed by atoms with E-state index in [4.69, 9.17) is 5.73 Å². The molecule has 0 fully saturated rings. The number of carbonyl (C=O) groups excluding carboxylic acids is 2. The van der Waals surface area contributed by atoms with Gasteiger partial charge in [-0.3, -0.25) is 9.59 Å². The predicted molar refractivity (Wildman–Crippen MR) is 60.3 cm³/mol. The molecule has 0 aliphatic rings. The summed E-state index contributed by atoms with van der Waals surface area (Å²) in [5, 5.41) is 3.16. The molecule has 15 heavy (non-hydrogen) atoms. The molecule has 0 radical (unpaired) electrons. The van der Waals surface area contributed by atoms with Crippen LogP contribution in [0.2, 0.25) is 0 Å². The summed E-state index contributed by atoms with van der Waals surface area (Å²) in [6.07, 6.45) is 0.743. The largest absolute Gasteiger partial charge is 0.370 e. The Morgan fingerprint density at radius 2 is 1.73 bits per heavy atom. The van der Waals surface area contributed by atoms with Crippen molar-refractivity contribution >= 4 is 11.7 Å². The molecule has 0 saturated carbocycles. The van der Waals surface area contributed by atoms with Crippen molar-refractivity contribution in [3.05, 3.63) is 0 Å². The lowest BCUT2D eigenvalue weighted by Gasteiger charge is -2.21. The maximum atomic E-state index is 11.8. The Morgan fingerprint density at radius 3 is 2.07 bits per heavy atom. The van der Waals surface area contributed by atoms with Crippen molar-refractivity contribution in [1.29, 1.82) is 0 Å². The van der Waals surface area contributed by atoms with Gasteiger partial charge in [0.15, 0.2) is 5.78 Å². The third-order valence-electron chi connectivity index (χ3n) is 2.13. The highest BCUT2D eigenvalue weighted by molar-refractivity contribution is 5.86. The first kappa shape index (κ1) is 14.1. The smallest absolute Gasteiger partial charge is 0.217 e. The Bertz CT molecular complexity index is 225. The van der Waals surface area contributed by atoms with E-state index in [1.165, 1.54) is 0 Å². The molecule has 1 atom stereocenters. The lowest BCUT2D eigenvalue weighted by Crippen LogP contribution is -2.43. The highest BCUT2D eigenvalue weighted by atomic mass is 16.1. The van der Waals surface area contributed by atoms with Gasteiger partial charge >= 0.3 is 0 Å². The molecule has 0 unspecified atom stereocenters. The Morgan fingerprint density at radius 1 is 1.20 bits per heavy atom. The first-order valence-corrected chi connectivity index (χ1v) is 5.42. The van der Waals surface area contributed by atoms with E-state index in [0.29, 0.717) is 6.42 Å². The van der Waals surface area contributed by atoms with Crippen molar-refractivity contribution in [3.63, 3.8) is 0 Å². The van der Waals surface area contributed by atoms with Crippen LogP contribution < -0.4 is 11.1 Å². The van der Waals surface area contributed by atoms with Gasteiger partial charge < -0.3 is 11.1 Å². The Balaban J connectivity index is 4.30. The molecule has 4 heteroatoms. The molecule has 4 nitrogen and oxygen atoms in total. The second kappa shape index (κ2) is 6.56. The number of nitrogens with one attached hydrogen (secondary N) is 1. The predicted octanol–water partition coefficient (Wildman–Crippen LogP) is 0.844. The lowest BCUT2D eigenvalue weighted by molar-refractivity contribution is -0.124. The maximum Gasteiger partial charge on any atom is 0.217 e. The summed E-state index contributed by atoms with van der Waals surface area (Å²) in [4.78, 5) is 22.4. The fourth-order valence-corrected chi connectivity index (χ4v) is 1.40. The Labute approximate surface area is 91.6 Å². The van der Waals surface area contributed by atoms with Gasteiger partial charge in [-0.2, -0.15) is 0 Å². The van der Waals surface area contributed by atoms with Crippen molar-refractivity contribution in [2.75, 3.05) is 0 Å². The second-order valence-corrected chi connectivity index (χ2v) is 4.44. The van der Waals surface area contributed by atoms with Crippen LogP contribution in [0.25, 0.3) is 0 Å². The normalized spacial score (nSPS) is 13.2. The molecule has 0 aliphatic heterocycles. The van der Waals surface area contributed by atoms with Gasteiger partial charge in [-0.1, -0.05) is 27.7 Å². The minimum absolute atomic E-state index is 0.0193. The summed E-state index contributed by atoms with van der Waals surface area (Å²) < 4.78 is 0. The molecule has 0 rings (SSSR count). The summed E-state index contributed by atoms with van der Waals surface area (Å²) in [6.45, 7) is 7.68. The standard InChI is InChI=1S/C11H22N2O2/c1-7(2)11(15)9(13-8(3)4)5-6-10(12)14/h7-9,13H,5-6H2,1-4H3,(H2,12,14)/t9-/m1/s1. The molecular weight excluding hydrogens is 192 g/mol. The number of hydrogen-bond donors (Lipinski definition) is 2. The number of Topliss-reactive ketones (excluding diaryl/α,β-unsaturated/α-hetero) is 1. The molecule has 0 saturated heterocycles. The van der Waals surface area contributed by atoms with Crippen LogP contribution in [0.4, 0.5) is 0 Å². The third-order valence-corrected chi connectivity index (χ3v) is 2.13. The second-order valence-electron chi connectivity index (χ2n) is 4.44. The van der Waals surface area contributed by atoms with Crippen LogP contribution in [0.1, 0.15) is 40.5 Å². The maximum absolute atomic E-state index is 11.8. The zero-order valence-corrected chi connectivity index (χ0v) is 10.0. The average molecular weight is 214 g/mol. The molecule has 88 valence electrons. The average Bonchev–Trinajstić information content (AvgIpc) is 2.10. The van der Waals surface area contributed by atoms with E-state index in [-0.39, 0.29) is 36.1 Å². The lowest BCUT2D eigenvalue weighted by atomic mass is 9.97. The van der Waals surface area contributed by atoms with Crippen molar-refractivity contribution in [3.8, 4) is 0 Å². The van der Waals surface area contributed by atoms with Crippen LogP contribution >= 0.6 is 0 Å². The van der Waals surface area contributed by atoms with E-state index in [1.54, 1.807) is 0 Å². The van der Waals surface area contributed by atoms with Gasteiger partial charge in [0.1, 0.15) is 0 Å². The van der Waals surface area contributed by atoms with Crippen LogP contribution in [-0.2, 0) is 9.59 Å². The molecule has 0 aromatic rings. The van der Waals surface area contributed by atoms with Gasteiger partial charge in [0.25, 0.3) is 0 Å². The van der Waals surface area contributed by atoms with Crippen molar-refractivity contribution < 1.29 is 9.59 Å². The Kier molecular flexibility index (Phi) is 6.17. The molecule has 0 heterocycles. The van der Waals surface area contributed by atoms with Crippen LogP contribution in [-0.4, -0.2) is 23.8 Å². The quantitative estimate of drug-likeness (QED) is 0.659. The molecule has 0 bridgehead atoms. The third kappa shape index (κ3) is 6.23. The van der Waals surface area contributed by atoms with E-state index in [9.17, 15) is 9.59 Å². The van der Waals surface area contributed by atoms with Crippen LogP contribution in [0, 0.1) is 5.92 Å². The van der Waals surface area contributed by atoms with E-state index in [2.05, 4.69) is 5.32 Å². The van der Waals surface area contributed by atoms with E-state index < -0.39 is 0 Å². The number of hydrogen-bond acceptors (Lipinski definition) is 3. The number of primary amides is 1. The molecule has 1 amide bonds. The van der Waals surface area contributed by atoms with Gasteiger partial charge in [0.05, 0.1) is 6.04 Å². The fourth-order valence-electron chi connectivity index (χ4n) is 1.40. The fraction of sp³-hybridized carbons (Fsp3) is 0.818. The zero-order valence-electron chi connectivity index (χ0n) is 10.0. The Hall–Kier alpha value is -0.900. The van der Waals surface area contributed by atoms with Crippen molar-refractivity contribution in [2.24, 2.45) is 11.7 Å². The minimum Gasteiger partial charge on any atom is -0.370 e. The molecule has 0 aromatic carbocycles. The van der Waals surface area contributed by atoms with Gasteiger partial charge in [0, 0.05) is 18.4 Å². The van der Waals surface area contributed by atoms with Crippen LogP contribution in [0.5, 0.6) is 0 Å². The SMILES string of the molecule is CC(C)N[C@H](CCC(N)=O)C(=O)C(C)C. The number of amides is 1. The summed E-state index contributed by atoms with van der Waals surface area (Å²) in [7, 11) is 0. The number of carbonyl (C=O) groups is 2. The molecule has 0 spiro atoms. The van der Waals surface area contributed by atoms with Crippen molar-refractivity contribution in [1.82, 2.24) is 5.32 Å². The van der Waals surface area contributed by atoms with Crippen LogP contribution in [0.15, 0.2) is 0 Å². The van der Waals surface area contributed by atoms with Gasteiger partial charge in [-0.05, 0) is 6.42 Å². The first-order valence-electron chi connectivity index (χ1n) is 5.42. The van der Waals surface area contributed by atoms with Gasteiger partial charge in [-0.15, -0.1) is 0 Å². The molecular formula is C11H22N2O2. The first-order chi connectivity index (χ1) is 6.84. The monoisotopic (exact) mass is 214 g/mol. The van der Waals surface area contributed by atoms with Gasteiger partial charge in [0.2, 0.25) is 5.91 Å². The highest BCUT2D eigenvalue weighted by Gasteiger charge is 2.21. The molecule has 0 aliphatic carbocycles. The molecule has 3 N–H and O–H groups in total.